The Kier molecular flexibility index (Phi) is 16.4. The van der Waals surface area contributed by atoms with Gasteiger partial charge in [-0.15, -0.1) is 0 Å². The number of rotatable bonds is 18. The van der Waals surface area contributed by atoms with Crippen molar-refractivity contribution >= 4 is 29.5 Å². The van der Waals surface area contributed by atoms with E-state index in [1.54, 1.807) is 0 Å². The van der Waals surface area contributed by atoms with Crippen LogP contribution in [0.5, 0.6) is 0 Å². The number of carbonyl (C=O) groups excluding carboxylic acids is 3. The van der Waals surface area contributed by atoms with Crippen LogP contribution in [0.4, 0.5) is 0 Å². The standard InChI is InChI=1S/C34H52N6O4S/c1-25(2)22-30(33(42)37-29(16-10-17-36-3)34(43)40-18-11-20-45-21-19-40)39-44-31(24-27-14-8-5-9-15-27)38-32(41)28(35)23-26-12-6-4-7-13-26/h4-9,12-15,25,28-31,36,39H,10-11,16-24,35H2,1-3H3,(H,37,42)(H,38,41)/t28-,29-,30-,31+/m1/s1. The van der Waals surface area contributed by atoms with E-state index in [4.69, 9.17) is 10.6 Å². The first-order valence-corrected chi connectivity index (χ1v) is 17.3. The number of nitrogens with zero attached hydrogens (tertiary/aromatic N) is 1. The van der Waals surface area contributed by atoms with Crippen molar-refractivity contribution in [3.8, 4) is 0 Å². The molecule has 0 unspecified atom stereocenters. The molecular weight excluding hydrogens is 588 g/mol. The average molecular weight is 641 g/mol. The lowest BCUT2D eigenvalue weighted by Gasteiger charge is -2.29. The largest absolute Gasteiger partial charge is 0.343 e. The number of carbonyl (C=O) groups is 3. The summed E-state index contributed by atoms with van der Waals surface area (Å²) in [6.45, 7) is 6.19. The average Bonchev–Trinajstić information content (AvgIpc) is 3.33. The molecule has 1 heterocycles. The smallest absolute Gasteiger partial charge is 0.245 e. The maximum Gasteiger partial charge on any atom is 0.245 e. The van der Waals surface area contributed by atoms with Gasteiger partial charge in [0, 0.05) is 25.3 Å². The molecule has 2 aromatic rings. The Morgan fingerprint density at radius 3 is 2.20 bits per heavy atom. The molecule has 0 saturated carbocycles. The second-order valence-electron chi connectivity index (χ2n) is 12.0. The van der Waals surface area contributed by atoms with Crippen LogP contribution in [0.3, 0.4) is 0 Å². The van der Waals surface area contributed by atoms with Crippen LogP contribution in [0.25, 0.3) is 0 Å². The van der Waals surface area contributed by atoms with Gasteiger partial charge >= 0.3 is 0 Å². The van der Waals surface area contributed by atoms with E-state index < -0.39 is 24.4 Å². The van der Waals surface area contributed by atoms with Gasteiger partial charge in [0.05, 0.1) is 6.04 Å². The predicted molar refractivity (Wildman–Crippen MR) is 181 cm³/mol. The number of amides is 3. The van der Waals surface area contributed by atoms with Crippen molar-refractivity contribution in [2.24, 2.45) is 11.7 Å². The van der Waals surface area contributed by atoms with Gasteiger partial charge in [0.2, 0.25) is 17.7 Å². The van der Waals surface area contributed by atoms with Gasteiger partial charge in [-0.05, 0) is 68.5 Å². The first-order valence-electron chi connectivity index (χ1n) is 16.1. The lowest BCUT2D eigenvalue weighted by Crippen LogP contribution is -2.56. The van der Waals surface area contributed by atoms with Crippen LogP contribution in [0.1, 0.15) is 50.7 Å². The molecular formula is C34H52N6O4S. The number of nitrogens with two attached hydrogens (primary N) is 1. The molecule has 248 valence electrons. The minimum absolute atomic E-state index is 0.0345. The summed E-state index contributed by atoms with van der Waals surface area (Å²) in [6.07, 6.45) is 2.68. The van der Waals surface area contributed by atoms with Crippen molar-refractivity contribution in [2.45, 2.75) is 76.7 Å². The Hall–Kier alpha value is -2.96. The topological polar surface area (TPSA) is 138 Å². The van der Waals surface area contributed by atoms with Crippen molar-refractivity contribution in [2.75, 3.05) is 38.2 Å². The summed E-state index contributed by atoms with van der Waals surface area (Å²) < 4.78 is 0. The first-order chi connectivity index (χ1) is 21.8. The third-order valence-electron chi connectivity index (χ3n) is 7.65. The van der Waals surface area contributed by atoms with Crippen LogP contribution >= 0.6 is 11.8 Å². The number of hydrogen-bond donors (Lipinski definition) is 5. The summed E-state index contributed by atoms with van der Waals surface area (Å²) >= 11 is 1.86. The highest BCUT2D eigenvalue weighted by Crippen LogP contribution is 2.14. The van der Waals surface area contributed by atoms with Crippen LogP contribution in [0.15, 0.2) is 60.7 Å². The summed E-state index contributed by atoms with van der Waals surface area (Å²) in [5.41, 5.74) is 11.1. The molecule has 0 spiro atoms. The normalized spacial score (nSPS) is 16.3. The van der Waals surface area contributed by atoms with Crippen LogP contribution in [-0.4, -0.2) is 85.2 Å². The quantitative estimate of drug-likeness (QED) is 0.0953. The second-order valence-corrected chi connectivity index (χ2v) is 13.2. The molecule has 3 amide bonds. The summed E-state index contributed by atoms with van der Waals surface area (Å²) in [7, 11) is 1.88. The predicted octanol–water partition coefficient (Wildman–Crippen LogP) is 2.63. The van der Waals surface area contributed by atoms with Crippen molar-refractivity contribution in [3.05, 3.63) is 71.8 Å². The maximum absolute atomic E-state index is 13.7. The summed E-state index contributed by atoms with van der Waals surface area (Å²) in [6, 6.07) is 17.2. The Morgan fingerprint density at radius 1 is 0.889 bits per heavy atom. The van der Waals surface area contributed by atoms with Crippen LogP contribution < -0.4 is 27.2 Å². The first kappa shape index (κ1) is 36.5. The third-order valence-corrected chi connectivity index (χ3v) is 8.70. The Labute approximate surface area is 272 Å². The lowest BCUT2D eigenvalue weighted by molar-refractivity contribution is -0.141. The van der Waals surface area contributed by atoms with E-state index in [2.05, 4.69) is 21.4 Å². The van der Waals surface area contributed by atoms with Gasteiger partial charge in [0.1, 0.15) is 12.1 Å². The summed E-state index contributed by atoms with van der Waals surface area (Å²) in [4.78, 5) is 48.4. The highest BCUT2D eigenvalue weighted by Gasteiger charge is 2.30. The molecule has 1 aliphatic heterocycles. The highest BCUT2D eigenvalue weighted by atomic mass is 32.2. The Balaban J connectivity index is 1.70. The van der Waals surface area contributed by atoms with E-state index in [1.807, 2.05) is 98.2 Å². The van der Waals surface area contributed by atoms with Gasteiger partial charge in [-0.25, -0.2) is 0 Å². The van der Waals surface area contributed by atoms with E-state index >= 15 is 0 Å². The number of thioether (sulfide) groups is 1. The fraction of sp³-hybridized carbons (Fsp3) is 0.559. The van der Waals surface area contributed by atoms with Crippen molar-refractivity contribution < 1.29 is 19.2 Å². The third kappa shape index (κ3) is 13.5. The molecule has 4 atom stereocenters. The fourth-order valence-electron chi connectivity index (χ4n) is 5.22. The monoisotopic (exact) mass is 640 g/mol. The molecule has 0 radical (unpaired) electrons. The molecule has 1 aliphatic rings. The number of nitrogens with one attached hydrogen (secondary N) is 4. The second kappa shape index (κ2) is 20.2. The number of hydrogen-bond acceptors (Lipinski definition) is 8. The minimum atomic E-state index is -0.785. The molecule has 2 aromatic carbocycles. The van der Waals surface area contributed by atoms with Gasteiger partial charge in [0.15, 0.2) is 6.23 Å². The number of benzene rings is 2. The van der Waals surface area contributed by atoms with Crippen LogP contribution in [0.2, 0.25) is 0 Å². The zero-order chi connectivity index (χ0) is 32.4. The van der Waals surface area contributed by atoms with Crippen LogP contribution in [0, 0.1) is 5.92 Å². The molecule has 1 fully saturated rings. The van der Waals surface area contributed by atoms with Gasteiger partial charge in [-0.3, -0.25) is 19.2 Å². The summed E-state index contributed by atoms with van der Waals surface area (Å²) in [5, 5.41) is 9.10. The van der Waals surface area contributed by atoms with E-state index in [9.17, 15) is 14.4 Å². The van der Waals surface area contributed by atoms with E-state index in [0.29, 0.717) is 38.8 Å². The SMILES string of the molecule is CNCCC[C@@H](NC(=O)[C@@H](CC(C)C)NO[C@@H](Cc1ccccc1)NC(=O)[C@H](N)Cc1ccccc1)C(=O)N1CCCSCC1. The van der Waals surface area contributed by atoms with Crippen molar-refractivity contribution in [1.29, 1.82) is 0 Å². The molecule has 45 heavy (non-hydrogen) atoms. The summed E-state index contributed by atoms with van der Waals surface area (Å²) in [5.74, 6) is 1.42. The Bertz CT molecular complexity index is 1150. The number of hydroxylamine groups is 1. The van der Waals surface area contributed by atoms with Crippen LogP contribution in [-0.2, 0) is 32.1 Å². The maximum atomic E-state index is 13.7. The molecule has 11 heteroatoms. The zero-order valence-corrected chi connectivity index (χ0v) is 27.8. The molecule has 0 aliphatic carbocycles. The van der Waals surface area contributed by atoms with Crippen molar-refractivity contribution in [1.82, 2.24) is 26.3 Å². The fourth-order valence-corrected chi connectivity index (χ4v) is 6.11. The highest BCUT2D eigenvalue weighted by molar-refractivity contribution is 7.99. The molecule has 0 bridgehead atoms. The van der Waals surface area contributed by atoms with E-state index in [1.165, 1.54) is 0 Å². The van der Waals surface area contributed by atoms with Crippen molar-refractivity contribution in [3.63, 3.8) is 0 Å². The molecule has 6 N–H and O–H groups in total. The Morgan fingerprint density at radius 2 is 1.56 bits per heavy atom. The van der Waals surface area contributed by atoms with E-state index in [-0.39, 0.29) is 23.6 Å². The molecule has 0 aromatic heterocycles. The van der Waals surface area contributed by atoms with Gasteiger partial charge in [-0.2, -0.15) is 17.2 Å². The lowest BCUT2D eigenvalue weighted by atomic mass is 10.0. The molecule has 10 nitrogen and oxygen atoms in total. The van der Waals surface area contributed by atoms with Gasteiger partial charge < -0.3 is 26.6 Å². The van der Waals surface area contributed by atoms with Gasteiger partial charge in [0.25, 0.3) is 0 Å². The minimum Gasteiger partial charge on any atom is -0.343 e. The zero-order valence-electron chi connectivity index (χ0n) is 27.0. The van der Waals surface area contributed by atoms with Gasteiger partial charge in [-0.1, -0.05) is 74.5 Å². The molecule has 1 saturated heterocycles. The van der Waals surface area contributed by atoms with E-state index in [0.717, 1.165) is 42.0 Å². The molecule has 3 rings (SSSR count).